The molecule has 0 amide bonds. The number of rotatable bonds is 5. The zero-order valence-corrected chi connectivity index (χ0v) is 25.0. The smallest absolute Gasteiger partial charge is 0.351 e. The van der Waals surface area contributed by atoms with Gasteiger partial charge >= 0.3 is 11.4 Å². The van der Waals surface area contributed by atoms with Gasteiger partial charge in [0.1, 0.15) is 0 Å². The SMILES string of the molecule is Nc1ccccc1Cn1nc2c(N)nc3ccccc3n2c1=O.Nc1nc2ccccc2n2c(=O)n(Cc3ccccc3[N+](=O)[O-])nc12. The van der Waals surface area contributed by atoms with Crippen molar-refractivity contribution in [2.75, 3.05) is 17.2 Å². The number of para-hydroxylation sites is 6. The highest BCUT2D eigenvalue weighted by Crippen LogP contribution is 2.21. The summed E-state index contributed by atoms with van der Waals surface area (Å²) < 4.78 is 5.36. The molecule has 8 aromatic rings. The number of benzene rings is 4. The van der Waals surface area contributed by atoms with Crippen molar-refractivity contribution >= 4 is 56.4 Å². The predicted octanol–water partition coefficient (Wildman–Crippen LogP) is 2.84. The van der Waals surface area contributed by atoms with Gasteiger partial charge in [-0.1, -0.05) is 60.7 Å². The molecule has 4 heterocycles. The van der Waals surface area contributed by atoms with Crippen molar-refractivity contribution in [3.63, 3.8) is 0 Å². The summed E-state index contributed by atoms with van der Waals surface area (Å²) in [5.41, 5.74) is 21.9. The van der Waals surface area contributed by atoms with E-state index in [9.17, 15) is 19.7 Å². The standard InChI is InChI=1S/C16H12N6O3.C16H14N6O/c17-14-15-19-20(9-10-5-1-3-7-12(10)22(24)25)16(23)21(15)13-8-4-2-6-11(13)18-14;17-11-6-2-1-5-10(11)9-21-16(23)22-13-8-4-3-7-12(13)19-14(18)15(22)20-21/h1-8H,9H2,(H2,17,18);1-8H,9,17H2,(H2,18,19). The first-order valence-corrected chi connectivity index (χ1v) is 14.5. The highest BCUT2D eigenvalue weighted by atomic mass is 16.6. The number of hydrogen-bond acceptors (Lipinski definition) is 11. The summed E-state index contributed by atoms with van der Waals surface area (Å²) in [5.74, 6) is 0.345. The van der Waals surface area contributed by atoms with Gasteiger partial charge in [0.2, 0.25) is 11.3 Å². The number of nitrogens with two attached hydrogens (primary N) is 3. The minimum Gasteiger partial charge on any atom is -0.398 e. The summed E-state index contributed by atoms with van der Waals surface area (Å²) in [6, 6.07) is 28.0. The van der Waals surface area contributed by atoms with Crippen LogP contribution in [0, 0.1) is 10.1 Å². The van der Waals surface area contributed by atoms with Gasteiger partial charge < -0.3 is 17.2 Å². The summed E-state index contributed by atoms with van der Waals surface area (Å²) in [5, 5.41) is 19.7. The third-order valence-corrected chi connectivity index (χ3v) is 7.75. The van der Waals surface area contributed by atoms with Gasteiger partial charge in [-0.15, -0.1) is 10.2 Å². The largest absolute Gasteiger partial charge is 0.398 e. The Morgan fingerprint density at radius 2 is 1.04 bits per heavy atom. The second kappa shape index (κ2) is 11.7. The monoisotopic (exact) mass is 642 g/mol. The Morgan fingerprint density at radius 1 is 0.604 bits per heavy atom. The van der Waals surface area contributed by atoms with Crippen LogP contribution in [0.5, 0.6) is 0 Å². The summed E-state index contributed by atoms with van der Waals surface area (Å²) in [6.07, 6.45) is 0. The Kier molecular flexibility index (Phi) is 7.20. The summed E-state index contributed by atoms with van der Waals surface area (Å²) in [4.78, 5) is 44.8. The summed E-state index contributed by atoms with van der Waals surface area (Å²) in [6.45, 7) is 0.242. The van der Waals surface area contributed by atoms with E-state index in [1.54, 1.807) is 48.5 Å². The zero-order valence-electron chi connectivity index (χ0n) is 25.0. The molecule has 238 valence electrons. The zero-order chi connectivity index (χ0) is 33.5. The second-order valence-corrected chi connectivity index (χ2v) is 10.8. The van der Waals surface area contributed by atoms with E-state index in [1.165, 1.54) is 19.5 Å². The van der Waals surface area contributed by atoms with Gasteiger partial charge in [0, 0.05) is 11.8 Å². The topological polar surface area (TPSA) is 226 Å². The fourth-order valence-corrected chi connectivity index (χ4v) is 5.47. The Bertz CT molecular complexity index is 2660. The maximum absolute atomic E-state index is 12.8. The molecule has 4 aromatic heterocycles. The lowest BCUT2D eigenvalue weighted by molar-refractivity contribution is -0.385. The molecular formula is C32H26N12O4. The average Bonchev–Trinajstić information content (AvgIpc) is 3.60. The number of anilines is 3. The molecule has 0 saturated carbocycles. The lowest BCUT2D eigenvalue weighted by atomic mass is 10.2. The van der Waals surface area contributed by atoms with Gasteiger partial charge in [0.25, 0.3) is 5.69 Å². The van der Waals surface area contributed by atoms with Gasteiger partial charge in [-0.05, 0) is 35.9 Å². The van der Waals surface area contributed by atoms with Crippen molar-refractivity contribution in [2.24, 2.45) is 0 Å². The molecule has 48 heavy (non-hydrogen) atoms. The van der Waals surface area contributed by atoms with Crippen LogP contribution in [0.3, 0.4) is 0 Å². The van der Waals surface area contributed by atoms with E-state index in [2.05, 4.69) is 20.2 Å². The number of nitro benzene ring substituents is 1. The van der Waals surface area contributed by atoms with E-state index in [1.807, 2.05) is 42.5 Å². The summed E-state index contributed by atoms with van der Waals surface area (Å²) >= 11 is 0. The fraction of sp³-hybridized carbons (Fsp3) is 0.0625. The average molecular weight is 643 g/mol. The van der Waals surface area contributed by atoms with Crippen molar-refractivity contribution < 1.29 is 4.92 Å². The van der Waals surface area contributed by atoms with Crippen LogP contribution in [0.2, 0.25) is 0 Å². The number of nitrogens with zero attached hydrogens (tertiary/aromatic N) is 9. The molecule has 0 bridgehead atoms. The molecule has 8 rings (SSSR count). The molecule has 0 radical (unpaired) electrons. The van der Waals surface area contributed by atoms with Crippen molar-refractivity contribution in [3.8, 4) is 0 Å². The predicted molar refractivity (Wildman–Crippen MR) is 180 cm³/mol. The van der Waals surface area contributed by atoms with Crippen molar-refractivity contribution in [3.05, 3.63) is 139 Å². The molecule has 0 saturated heterocycles. The molecule has 16 nitrogen and oxygen atoms in total. The minimum absolute atomic E-state index is 0.0363. The molecule has 0 aliphatic carbocycles. The summed E-state index contributed by atoms with van der Waals surface area (Å²) in [7, 11) is 0. The van der Waals surface area contributed by atoms with Crippen LogP contribution in [0.15, 0.2) is 107 Å². The van der Waals surface area contributed by atoms with Crippen molar-refractivity contribution in [1.29, 1.82) is 0 Å². The van der Waals surface area contributed by atoms with Crippen LogP contribution >= 0.6 is 0 Å². The first-order chi connectivity index (χ1) is 23.2. The lowest BCUT2D eigenvalue weighted by Crippen LogP contribution is -2.22. The lowest BCUT2D eigenvalue weighted by Gasteiger charge is -2.03. The van der Waals surface area contributed by atoms with Crippen molar-refractivity contribution in [1.82, 2.24) is 38.3 Å². The maximum Gasteiger partial charge on any atom is 0.351 e. The molecular weight excluding hydrogens is 616 g/mol. The Balaban J connectivity index is 0.000000152. The molecule has 0 fully saturated rings. The Labute approximate surface area is 269 Å². The van der Waals surface area contributed by atoms with E-state index < -0.39 is 10.6 Å². The maximum atomic E-state index is 12.8. The first kappa shape index (κ1) is 29.6. The molecule has 4 aromatic carbocycles. The number of fused-ring (bicyclic) bond motifs is 6. The highest BCUT2D eigenvalue weighted by Gasteiger charge is 2.19. The number of nitro groups is 1. The first-order valence-electron chi connectivity index (χ1n) is 14.5. The molecule has 0 unspecified atom stereocenters. The number of aromatic nitrogens is 8. The van der Waals surface area contributed by atoms with E-state index in [4.69, 9.17) is 17.2 Å². The molecule has 0 spiro atoms. The Morgan fingerprint density at radius 3 is 1.56 bits per heavy atom. The van der Waals surface area contributed by atoms with Crippen LogP contribution < -0.4 is 28.6 Å². The molecule has 16 heteroatoms. The second-order valence-electron chi connectivity index (χ2n) is 10.8. The van der Waals surface area contributed by atoms with Crippen molar-refractivity contribution in [2.45, 2.75) is 13.1 Å². The molecule has 0 aliphatic rings. The molecule has 6 N–H and O–H groups in total. The van der Waals surface area contributed by atoms with Crippen LogP contribution in [0.1, 0.15) is 11.1 Å². The van der Waals surface area contributed by atoms with Crippen LogP contribution in [-0.2, 0) is 13.1 Å². The van der Waals surface area contributed by atoms with E-state index in [-0.39, 0.29) is 41.7 Å². The molecule has 0 atom stereocenters. The van der Waals surface area contributed by atoms with Gasteiger partial charge in [0.05, 0.1) is 45.6 Å². The normalized spacial score (nSPS) is 11.2. The third kappa shape index (κ3) is 5.08. The number of hydrogen-bond donors (Lipinski definition) is 3. The minimum atomic E-state index is -0.485. The third-order valence-electron chi connectivity index (χ3n) is 7.75. The molecule has 0 aliphatic heterocycles. The van der Waals surface area contributed by atoms with Gasteiger partial charge in [0.15, 0.2) is 11.6 Å². The number of nitrogen functional groups attached to an aromatic ring is 3. The van der Waals surface area contributed by atoms with Gasteiger partial charge in [-0.3, -0.25) is 10.1 Å². The quantitative estimate of drug-likeness (QED) is 0.140. The Hall–Kier alpha value is -7.10. The van der Waals surface area contributed by atoms with Gasteiger partial charge in [-0.25, -0.2) is 37.7 Å². The van der Waals surface area contributed by atoms with Crippen LogP contribution in [0.25, 0.3) is 33.4 Å². The van der Waals surface area contributed by atoms with Crippen LogP contribution in [-0.4, -0.2) is 43.3 Å². The van der Waals surface area contributed by atoms with Crippen LogP contribution in [0.4, 0.5) is 23.0 Å². The highest BCUT2D eigenvalue weighted by molar-refractivity contribution is 5.82. The fourth-order valence-electron chi connectivity index (χ4n) is 5.47. The van der Waals surface area contributed by atoms with E-state index in [0.29, 0.717) is 39.0 Å². The van der Waals surface area contributed by atoms with E-state index >= 15 is 0 Å². The van der Waals surface area contributed by atoms with E-state index in [0.717, 1.165) is 10.2 Å². The van der Waals surface area contributed by atoms with Gasteiger partial charge in [-0.2, -0.15) is 0 Å².